The van der Waals surface area contributed by atoms with Crippen molar-refractivity contribution in [3.8, 4) is 11.5 Å². The second-order valence-electron chi connectivity index (χ2n) is 8.04. The lowest BCUT2D eigenvalue weighted by atomic mass is 9.78. The Morgan fingerprint density at radius 1 is 0.710 bits per heavy atom. The molecule has 2 atom stereocenters. The summed E-state index contributed by atoms with van der Waals surface area (Å²) in [7, 11) is 0. The predicted molar refractivity (Wildman–Crippen MR) is 139 cm³/mol. The maximum Gasteiger partial charge on any atom is 0.148 e. The smallest absolute Gasteiger partial charge is 0.148 e. The van der Waals surface area contributed by atoms with Crippen LogP contribution in [0.25, 0.3) is 0 Å². The van der Waals surface area contributed by atoms with Gasteiger partial charge in [0.05, 0.1) is 30.1 Å². The Morgan fingerprint density at radius 3 is 1.26 bits per heavy atom. The van der Waals surface area contributed by atoms with Gasteiger partial charge in [0.2, 0.25) is 0 Å². The summed E-state index contributed by atoms with van der Waals surface area (Å²) in [5, 5.41) is 18.3. The highest BCUT2D eigenvalue weighted by molar-refractivity contribution is 9.11. The first kappa shape index (κ1) is 27.1. The van der Waals surface area contributed by atoms with E-state index in [9.17, 15) is 0 Å². The van der Waals surface area contributed by atoms with Gasteiger partial charge in [-0.1, -0.05) is 13.8 Å². The van der Waals surface area contributed by atoms with Crippen molar-refractivity contribution in [2.75, 3.05) is 13.2 Å². The van der Waals surface area contributed by atoms with E-state index in [1.54, 1.807) is 0 Å². The molecule has 2 unspecified atom stereocenters. The van der Waals surface area contributed by atoms with Gasteiger partial charge in [0, 0.05) is 31.5 Å². The van der Waals surface area contributed by atoms with Gasteiger partial charge in [-0.2, -0.15) is 0 Å². The number of aliphatic hydroxyl groups is 2. The van der Waals surface area contributed by atoms with Crippen molar-refractivity contribution in [2.45, 2.75) is 58.2 Å². The van der Waals surface area contributed by atoms with Crippen LogP contribution in [0.2, 0.25) is 0 Å². The molecule has 0 bridgehead atoms. The molecule has 2 aromatic rings. The second kappa shape index (κ2) is 11.8. The van der Waals surface area contributed by atoms with Gasteiger partial charge in [0.25, 0.3) is 0 Å². The maximum atomic E-state index is 9.14. The number of benzene rings is 2. The summed E-state index contributed by atoms with van der Waals surface area (Å²) in [4.78, 5) is 0. The summed E-state index contributed by atoms with van der Waals surface area (Å²) in [5.74, 6) is 1.45. The molecule has 0 radical (unpaired) electrons. The predicted octanol–water partition coefficient (Wildman–Crippen LogP) is 7.36. The van der Waals surface area contributed by atoms with Gasteiger partial charge < -0.3 is 19.7 Å². The van der Waals surface area contributed by atoms with Crippen molar-refractivity contribution >= 4 is 63.7 Å². The topological polar surface area (TPSA) is 58.9 Å². The van der Waals surface area contributed by atoms with Crippen LogP contribution < -0.4 is 9.47 Å². The zero-order valence-electron chi connectivity index (χ0n) is 18.0. The Balaban J connectivity index is 2.38. The lowest BCUT2D eigenvalue weighted by Gasteiger charge is -2.29. The monoisotopic (exact) mass is 684 g/mol. The van der Waals surface area contributed by atoms with Gasteiger partial charge in [-0.05, 0) is 113 Å². The van der Waals surface area contributed by atoms with Crippen LogP contribution in [0.3, 0.4) is 0 Å². The van der Waals surface area contributed by atoms with Crippen molar-refractivity contribution in [1.29, 1.82) is 0 Å². The molecule has 0 saturated carbocycles. The highest BCUT2D eigenvalue weighted by Gasteiger charge is 2.28. The third kappa shape index (κ3) is 6.93. The summed E-state index contributed by atoms with van der Waals surface area (Å²) >= 11 is 14.6. The van der Waals surface area contributed by atoms with Crippen LogP contribution in [0.4, 0.5) is 0 Å². The molecule has 0 fully saturated rings. The van der Waals surface area contributed by atoms with Crippen LogP contribution in [0.5, 0.6) is 11.5 Å². The molecular formula is C23H28Br4O4. The Morgan fingerprint density at radius 2 is 1.00 bits per heavy atom. The van der Waals surface area contributed by atoms with Gasteiger partial charge in [0.1, 0.15) is 11.5 Å². The quantitative estimate of drug-likeness (QED) is 0.274. The number of aliphatic hydroxyl groups excluding tert-OH is 2. The largest absolute Gasteiger partial charge is 0.488 e. The highest BCUT2D eigenvalue weighted by Crippen LogP contribution is 2.44. The third-order valence-electron chi connectivity index (χ3n) is 5.15. The van der Waals surface area contributed by atoms with Gasteiger partial charge in [-0.15, -0.1) is 0 Å². The fourth-order valence-corrected chi connectivity index (χ4v) is 5.86. The molecule has 0 aliphatic carbocycles. The molecule has 0 heterocycles. The molecule has 2 N–H and O–H groups in total. The van der Waals surface area contributed by atoms with Crippen LogP contribution in [-0.2, 0) is 5.41 Å². The fourth-order valence-electron chi connectivity index (χ4n) is 3.12. The van der Waals surface area contributed by atoms with Gasteiger partial charge in [-0.3, -0.25) is 0 Å². The SMILES string of the molecule is CC(CCO)Oc1c(Br)cc(C(C)(C)c2cc(Br)c(OC(C)CCO)c(Br)c2)cc1Br. The first-order valence-electron chi connectivity index (χ1n) is 10.0. The zero-order chi connectivity index (χ0) is 23.3. The average molecular weight is 688 g/mol. The van der Waals surface area contributed by atoms with Crippen molar-refractivity contribution in [3.63, 3.8) is 0 Å². The van der Waals surface area contributed by atoms with E-state index in [1.807, 2.05) is 13.8 Å². The molecule has 2 rings (SSSR count). The summed E-state index contributed by atoms with van der Waals surface area (Å²) in [5.41, 5.74) is 1.91. The molecular weight excluding hydrogens is 660 g/mol. The Hall–Kier alpha value is -0.120. The van der Waals surface area contributed by atoms with Gasteiger partial charge in [0.15, 0.2) is 0 Å². The third-order valence-corrected chi connectivity index (χ3v) is 7.51. The number of rotatable bonds is 10. The van der Waals surface area contributed by atoms with Crippen LogP contribution >= 0.6 is 63.7 Å². The number of hydrogen-bond donors (Lipinski definition) is 2. The highest BCUT2D eigenvalue weighted by atomic mass is 79.9. The zero-order valence-corrected chi connectivity index (χ0v) is 24.4. The number of ether oxygens (including phenoxy) is 2. The van der Waals surface area contributed by atoms with Crippen LogP contribution in [0.1, 0.15) is 51.7 Å². The summed E-state index contributed by atoms with van der Waals surface area (Å²) in [6.45, 7) is 8.38. The molecule has 172 valence electrons. The first-order chi connectivity index (χ1) is 14.5. The molecule has 0 amide bonds. The Kier molecular flexibility index (Phi) is 10.4. The summed E-state index contributed by atoms with van der Waals surface area (Å²) < 4.78 is 15.4. The van der Waals surface area contributed by atoms with E-state index in [1.165, 1.54) is 0 Å². The molecule has 0 spiro atoms. The minimum Gasteiger partial charge on any atom is -0.488 e. The molecule has 0 aromatic heterocycles. The molecule has 31 heavy (non-hydrogen) atoms. The van der Waals surface area contributed by atoms with E-state index in [0.717, 1.165) is 40.5 Å². The first-order valence-corrected chi connectivity index (χ1v) is 13.2. The lowest BCUT2D eigenvalue weighted by molar-refractivity contribution is 0.166. The maximum absolute atomic E-state index is 9.14. The van der Waals surface area contributed by atoms with E-state index in [2.05, 4.69) is 102 Å². The minimum atomic E-state index is -0.305. The van der Waals surface area contributed by atoms with E-state index >= 15 is 0 Å². The van der Waals surface area contributed by atoms with E-state index < -0.39 is 0 Å². The van der Waals surface area contributed by atoms with Crippen molar-refractivity contribution in [2.24, 2.45) is 0 Å². The second-order valence-corrected chi connectivity index (χ2v) is 11.5. The Bertz CT molecular complexity index is 784. The molecule has 0 aliphatic heterocycles. The van der Waals surface area contributed by atoms with E-state index in [0.29, 0.717) is 12.8 Å². The summed E-state index contributed by atoms with van der Waals surface area (Å²) in [6.07, 6.45) is 0.951. The van der Waals surface area contributed by atoms with Crippen LogP contribution in [0.15, 0.2) is 42.2 Å². The van der Waals surface area contributed by atoms with Gasteiger partial charge >= 0.3 is 0 Å². The fraction of sp³-hybridized carbons (Fsp3) is 0.478. The van der Waals surface area contributed by atoms with E-state index in [-0.39, 0.29) is 30.8 Å². The number of halogens is 4. The lowest BCUT2D eigenvalue weighted by Crippen LogP contribution is -2.20. The Labute approximate surface area is 218 Å². The minimum absolute atomic E-state index is 0.0871. The van der Waals surface area contributed by atoms with Crippen molar-refractivity contribution < 1.29 is 19.7 Å². The van der Waals surface area contributed by atoms with Crippen LogP contribution in [0, 0.1) is 0 Å². The molecule has 4 nitrogen and oxygen atoms in total. The molecule has 2 aromatic carbocycles. The van der Waals surface area contributed by atoms with Crippen molar-refractivity contribution in [1.82, 2.24) is 0 Å². The van der Waals surface area contributed by atoms with Gasteiger partial charge in [-0.25, -0.2) is 0 Å². The standard InChI is InChI=1S/C23H28Br4O4/c1-13(5-7-28)30-21-17(24)9-15(10-18(21)25)23(3,4)16-11-19(26)22(20(27)12-16)31-14(2)6-8-29/h9-14,28-29H,5-8H2,1-4H3. The summed E-state index contributed by atoms with van der Waals surface area (Å²) in [6, 6.07) is 8.28. The molecule has 8 heteroatoms. The normalized spacial score (nSPS) is 13.7. The molecule has 0 aliphatic rings. The van der Waals surface area contributed by atoms with E-state index in [4.69, 9.17) is 19.7 Å². The van der Waals surface area contributed by atoms with Crippen LogP contribution in [-0.4, -0.2) is 35.6 Å². The molecule has 0 saturated heterocycles. The van der Waals surface area contributed by atoms with Crippen molar-refractivity contribution in [3.05, 3.63) is 53.3 Å². The number of hydrogen-bond acceptors (Lipinski definition) is 4. The average Bonchev–Trinajstić information content (AvgIpc) is 2.67.